The molecule has 3 heterocycles. The number of aromatic nitrogens is 3. The summed E-state index contributed by atoms with van der Waals surface area (Å²) < 4.78 is 1.01. The first-order chi connectivity index (χ1) is 14.6. The van der Waals surface area contributed by atoms with Gasteiger partial charge in [0.1, 0.15) is 0 Å². The fourth-order valence-corrected chi connectivity index (χ4v) is 4.44. The van der Waals surface area contributed by atoms with Crippen molar-refractivity contribution in [2.45, 2.75) is 17.4 Å². The Morgan fingerprint density at radius 3 is 2.73 bits per heavy atom. The number of nitrogens with zero attached hydrogens (tertiary/aromatic N) is 4. The van der Waals surface area contributed by atoms with Gasteiger partial charge < -0.3 is 20.9 Å². The van der Waals surface area contributed by atoms with Crippen molar-refractivity contribution in [1.29, 1.82) is 0 Å². The van der Waals surface area contributed by atoms with E-state index in [9.17, 15) is 4.79 Å². The topological polar surface area (TPSA) is 95.1 Å². The fraction of sp³-hybridized carbons (Fsp3) is 0.400. The Balaban J connectivity index is 1.24. The minimum atomic E-state index is -0.0169. The Hall–Kier alpha value is -2.43. The quantitative estimate of drug-likeness (QED) is 0.343. The highest BCUT2D eigenvalue weighted by Crippen LogP contribution is 2.27. The maximum atomic E-state index is 12.4. The van der Waals surface area contributed by atoms with E-state index < -0.39 is 0 Å². The summed E-state index contributed by atoms with van der Waals surface area (Å²) in [5, 5.41) is 10.5. The zero-order valence-corrected chi connectivity index (χ0v) is 18.6. The Kier molecular flexibility index (Phi) is 6.66. The smallest absolute Gasteiger partial charge is 0.251 e. The van der Waals surface area contributed by atoms with Gasteiger partial charge in [-0.15, -0.1) is 11.8 Å². The van der Waals surface area contributed by atoms with Gasteiger partial charge in [-0.05, 0) is 37.9 Å². The van der Waals surface area contributed by atoms with Gasteiger partial charge in [-0.2, -0.15) is 0 Å². The molecular formula is C20H25N7OS2. The second kappa shape index (κ2) is 9.59. The first-order valence-electron chi connectivity index (χ1n) is 9.84. The lowest BCUT2D eigenvalue weighted by molar-refractivity contribution is 0.0858. The lowest BCUT2D eigenvalue weighted by Crippen LogP contribution is -2.57. The van der Waals surface area contributed by atoms with Crippen LogP contribution in [0.15, 0.2) is 35.5 Å². The molecule has 0 spiro atoms. The van der Waals surface area contributed by atoms with Crippen molar-refractivity contribution < 1.29 is 4.79 Å². The third kappa shape index (κ3) is 5.18. The molecule has 0 atom stereocenters. The van der Waals surface area contributed by atoms with Gasteiger partial charge in [0, 0.05) is 49.0 Å². The van der Waals surface area contributed by atoms with Crippen LogP contribution in [0.4, 0.5) is 11.1 Å². The zero-order chi connectivity index (χ0) is 20.9. The number of thioether (sulfide) groups is 1. The van der Waals surface area contributed by atoms with E-state index in [2.05, 4.69) is 35.8 Å². The number of likely N-dealkylation sites (tertiary alicyclic amines) is 1. The van der Waals surface area contributed by atoms with E-state index in [0.717, 1.165) is 52.8 Å². The third-order valence-electron chi connectivity index (χ3n) is 4.83. The lowest BCUT2D eigenvalue weighted by atomic mass is 10.1. The molecule has 0 unspecified atom stereocenters. The number of hydrogen-bond acceptors (Lipinski definition) is 9. The predicted octanol–water partition coefficient (Wildman–Crippen LogP) is 2.77. The fourth-order valence-electron chi connectivity index (χ4n) is 3.20. The van der Waals surface area contributed by atoms with E-state index in [-0.39, 0.29) is 11.9 Å². The van der Waals surface area contributed by atoms with Crippen LogP contribution < -0.4 is 16.0 Å². The van der Waals surface area contributed by atoms with Gasteiger partial charge in [0.25, 0.3) is 5.91 Å². The standard InChI is InChI=1S/C20H25N7OS2/c1-27-11-14(12-27)25-18(28)13-4-5-16-17(8-13)30-20(26-16)22-7-3-6-21-19-23-9-15(29-2)10-24-19/h4-5,8-10,14H,3,6-7,11-12H2,1-2H3,(H,22,26)(H,25,28)(H,21,23,24). The van der Waals surface area contributed by atoms with Gasteiger partial charge in [-0.25, -0.2) is 15.0 Å². The number of benzene rings is 1. The molecule has 8 nitrogen and oxygen atoms in total. The predicted molar refractivity (Wildman–Crippen MR) is 124 cm³/mol. The van der Waals surface area contributed by atoms with Crippen LogP contribution >= 0.6 is 23.1 Å². The van der Waals surface area contributed by atoms with E-state index in [1.807, 2.05) is 43.9 Å². The van der Waals surface area contributed by atoms with Crippen molar-refractivity contribution in [2.75, 3.05) is 50.1 Å². The first-order valence-corrected chi connectivity index (χ1v) is 11.9. The molecule has 2 aromatic heterocycles. The average molecular weight is 444 g/mol. The summed E-state index contributed by atoms with van der Waals surface area (Å²) in [5.41, 5.74) is 1.59. The number of carbonyl (C=O) groups is 1. The molecule has 1 saturated heterocycles. The maximum Gasteiger partial charge on any atom is 0.251 e. The van der Waals surface area contributed by atoms with Gasteiger partial charge >= 0.3 is 0 Å². The largest absolute Gasteiger partial charge is 0.361 e. The monoisotopic (exact) mass is 443 g/mol. The Morgan fingerprint density at radius 2 is 2.00 bits per heavy atom. The van der Waals surface area contributed by atoms with Crippen molar-refractivity contribution in [1.82, 2.24) is 25.2 Å². The molecule has 1 aliphatic heterocycles. The molecule has 0 saturated carbocycles. The van der Waals surface area contributed by atoms with Crippen LogP contribution in [0.1, 0.15) is 16.8 Å². The third-order valence-corrected chi connectivity index (χ3v) is 6.48. The molecular weight excluding hydrogens is 418 g/mol. The van der Waals surface area contributed by atoms with Crippen molar-refractivity contribution in [3.63, 3.8) is 0 Å². The molecule has 0 aliphatic carbocycles. The highest BCUT2D eigenvalue weighted by Gasteiger charge is 2.25. The van der Waals surface area contributed by atoms with E-state index in [4.69, 9.17) is 0 Å². The minimum absolute atomic E-state index is 0.0169. The molecule has 1 aromatic carbocycles. The number of thiazole rings is 1. The molecule has 1 amide bonds. The Morgan fingerprint density at radius 1 is 1.23 bits per heavy atom. The summed E-state index contributed by atoms with van der Waals surface area (Å²) in [6.45, 7) is 3.38. The van der Waals surface area contributed by atoms with E-state index in [1.165, 1.54) is 0 Å². The van der Waals surface area contributed by atoms with Crippen LogP contribution in [-0.4, -0.2) is 71.3 Å². The van der Waals surface area contributed by atoms with Crippen molar-refractivity contribution in [3.05, 3.63) is 36.2 Å². The van der Waals surface area contributed by atoms with Crippen LogP contribution in [0.3, 0.4) is 0 Å². The van der Waals surface area contributed by atoms with E-state index in [1.54, 1.807) is 23.1 Å². The summed E-state index contributed by atoms with van der Waals surface area (Å²) in [6, 6.07) is 5.93. The van der Waals surface area contributed by atoms with Crippen molar-refractivity contribution in [2.24, 2.45) is 0 Å². The highest BCUT2D eigenvalue weighted by molar-refractivity contribution is 7.98. The average Bonchev–Trinajstić information content (AvgIpc) is 3.14. The van der Waals surface area contributed by atoms with Gasteiger partial charge in [0.2, 0.25) is 5.95 Å². The zero-order valence-electron chi connectivity index (χ0n) is 17.0. The summed E-state index contributed by atoms with van der Waals surface area (Å²) in [4.78, 5) is 28.8. The van der Waals surface area contributed by atoms with Gasteiger partial charge in [0.05, 0.1) is 16.3 Å². The summed E-state index contributed by atoms with van der Waals surface area (Å²) in [7, 11) is 2.05. The molecule has 1 fully saturated rings. The number of anilines is 2. The number of rotatable bonds is 9. The van der Waals surface area contributed by atoms with Crippen LogP contribution in [0.25, 0.3) is 10.2 Å². The Bertz CT molecular complexity index is 1000. The summed E-state index contributed by atoms with van der Waals surface area (Å²) >= 11 is 3.19. The summed E-state index contributed by atoms with van der Waals surface area (Å²) in [6.07, 6.45) is 6.55. The minimum Gasteiger partial charge on any atom is -0.361 e. The van der Waals surface area contributed by atoms with E-state index >= 15 is 0 Å². The molecule has 0 bridgehead atoms. The number of likely N-dealkylation sites (N-methyl/N-ethyl adjacent to an activating group) is 1. The molecule has 1 aliphatic rings. The molecule has 4 rings (SSSR count). The van der Waals surface area contributed by atoms with Gasteiger partial charge in [0.15, 0.2) is 5.13 Å². The van der Waals surface area contributed by atoms with Crippen molar-refractivity contribution >= 4 is 50.3 Å². The normalized spacial score (nSPS) is 14.5. The number of carbonyl (C=O) groups excluding carboxylic acids is 1. The molecule has 158 valence electrons. The number of nitrogens with one attached hydrogen (secondary N) is 3. The molecule has 3 aromatic rings. The summed E-state index contributed by atoms with van der Waals surface area (Å²) in [5.74, 6) is 0.629. The SMILES string of the molecule is CSc1cnc(NCCCNc2nc3ccc(C(=O)NC4CN(C)C4)cc3s2)nc1. The number of fused-ring (bicyclic) bond motifs is 1. The van der Waals surface area contributed by atoms with Gasteiger partial charge in [-0.1, -0.05) is 11.3 Å². The maximum absolute atomic E-state index is 12.4. The van der Waals surface area contributed by atoms with Crippen LogP contribution in [0.2, 0.25) is 0 Å². The molecule has 0 radical (unpaired) electrons. The molecule has 30 heavy (non-hydrogen) atoms. The Labute approximate surface area is 183 Å². The van der Waals surface area contributed by atoms with Crippen LogP contribution in [-0.2, 0) is 0 Å². The second-order valence-corrected chi connectivity index (χ2v) is 9.16. The van der Waals surface area contributed by atoms with E-state index in [0.29, 0.717) is 11.5 Å². The number of hydrogen-bond donors (Lipinski definition) is 3. The molecule has 3 N–H and O–H groups in total. The van der Waals surface area contributed by atoms with Crippen molar-refractivity contribution in [3.8, 4) is 0 Å². The van der Waals surface area contributed by atoms with Crippen LogP contribution in [0, 0.1) is 0 Å². The molecule has 10 heteroatoms. The van der Waals surface area contributed by atoms with Crippen LogP contribution in [0.5, 0.6) is 0 Å². The van der Waals surface area contributed by atoms with Gasteiger partial charge in [-0.3, -0.25) is 4.79 Å². The second-order valence-electron chi connectivity index (χ2n) is 7.25. The number of amides is 1. The lowest BCUT2D eigenvalue weighted by Gasteiger charge is -2.36. The first kappa shape index (κ1) is 20.8. The highest BCUT2D eigenvalue weighted by atomic mass is 32.2.